The van der Waals surface area contributed by atoms with Gasteiger partial charge in [-0.25, -0.2) is 4.98 Å². The number of aromatic nitrogens is 2. The maximum Gasteiger partial charge on any atom is 0.271 e. The minimum absolute atomic E-state index is 0.0591. The molecule has 98 valence electrons. The van der Waals surface area contributed by atoms with Gasteiger partial charge in [0, 0.05) is 6.20 Å². The van der Waals surface area contributed by atoms with E-state index in [1.165, 1.54) is 11.8 Å². The Hall–Kier alpha value is -2.23. The Morgan fingerprint density at radius 1 is 1.11 bits per heavy atom. The molecule has 1 atom stereocenters. The lowest BCUT2D eigenvalue weighted by molar-refractivity contribution is 0.0934. The average Bonchev–Trinajstić information content (AvgIpc) is 2.40. The molecule has 0 saturated heterocycles. The van der Waals surface area contributed by atoms with Gasteiger partial charge in [0.25, 0.3) is 5.91 Å². The number of rotatable bonds is 3. The average molecular weight is 255 g/mol. The molecule has 4 nitrogen and oxygen atoms in total. The zero-order valence-corrected chi connectivity index (χ0v) is 11.3. The monoisotopic (exact) mass is 255 g/mol. The van der Waals surface area contributed by atoms with E-state index in [1.54, 1.807) is 6.20 Å². The van der Waals surface area contributed by atoms with E-state index in [9.17, 15) is 4.79 Å². The van der Waals surface area contributed by atoms with E-state index in [1.807, 2.05) is 45.0 Å². The number of nitrogens with one attached hydrogen (secondary N) is 1. The summed E-state index contributed by atoms with van der Waals surface area (Å²) in [4.78, 5) is 20.1. The Kier molecular flexibility index (Phi) is 3.90. The fourth-order valence-electron chi connectivity index (χ4n) is 1.72. The zero-order chi connectivity index (χ0) is 13.8. The molecule has 0 aliphatic rings. The molecule has 0 radical (unpaired) electrons. The van der Waals surface area contributed by atoms with Crippen molar-refractivity contribution in [1.29, 1.82) is 0 Å². The summed E-state index contributed by atoms with van der Waals surface area (Å²) in [6, 6.07) is 8.03. The molecule has 0 aliphatic carbocycles. The Morgan fingerprint density at radius 2 is 1.79 bits per heavy atom. The van der Waals surface area contributed by atoms with Gasteiger partial charge < -0.3 is 5.32 Å². The van der Waals surface area contributed by atoms with Crippen LogP contribution in [-0.2, 0) is 0 Å². The fraction of sp³-hybridized carbons (Fsp3) is 0.267. The SMILES string of the molecule is Cc1ccc(C(C)NC(=O)c2cnc(C)cn2)cc1. The summed E-state index contributed by atoms with van der Waals surface area (Å²) in [7, 11) is 0. The minimum Gasteiger partial charge on any atom is -0.344 e. The highest BCUT2D eigenvalue weighted by Crippen LogP contribution is 2.13. The minimum atomic E-state index is -0.208. The van der Waals surface area contributed by atoms with E-state index in [4.69, 9.17) is 0 Å². The van der Waals surface area contributed by atoms with Crippen molar-refractivity contribution in [2.75, 3.05) is 0 Å². The van der Waals surface area contributed by atoms with Gasteiger partial charge in [0.1, 0.15) is 5.69 Å². The number of carbonyl (C=O) groups is 1. The predicted octanol–water partition coefficient (Wildman–Crippen LogP) is 2.58. The third kappa shape index (κ3) is 3.37. The van der Waals surface area contributed by atoms with Crippen LogP contribution in [0.2, 0.25) is 0 Å². The molecule has 0 saturated carbocycles. The number of carbonyl (C=O) groups excluding carboxylic acids is 1. The third-order valence-electron chi connectivity index (χ3n) is 2.94. The first-order valence-electron chi connectivity index (χ1n) is 6.22. The van der Waals surface area contributed by atoms with Crippen molar-refractivity contribution < 1.29 is 4.79 Å². The largest absolute Gasteiger partial charge is 0.344 e. The van der Waals surface area contributed by atoms with Crippen molar-refractivity contribution in [2.24, 2.45) is 0 Å². The van der Waals surface area contributed by atoms with Gasteiger partial charge in [-0.1, -0.05) is 29.8 Å². The second kappa shape index (κ2) is 5.61. The molecule has 0 aliphatic heterocycles. The Labute approximate surface area is 112 Å². The molecule has 2 aromatic rings. The molecule has 0 bridgehead atoms. The van der Waals surface area contributed by atoms with Gasteiger partial charge in [0.05, 0.1) is 17.9 Å². The third-order valence-corrected chi connectivity index (χ3v) is 2.94. The first-order valence-corrected chi connectivity index (χ1v) is 6.22. The van der Waals surface area contributed by atoms with Crippen LogP contribution in [0.15, 0.2) is 36.7 Å². The summed E-state index contributed by atoms with van der Waals surface area (Å²) < 4.78 is 0. The van der Waals surface area contributed by atoms with E-state index >= 15 is 0 Å². The van der Waals surface area contributed by atoms with Gasteiger partial charge >= 0.3 is 0 Å². The van der Waals surface area contributed by atoms with Crippen molar-refractivity contribution in [3.05, 3.63) is 59.2 Å². The quantitative estimate of drug-likeness (QED) is 0.917. The van der Waals surface area contributed by atoms with E-state index in [2.05, 4.69) is 15.3 Å². The van der Waals surface area contributed by atoms with Crippen molar-refractivity contribution >= 4 is 5.91 Å². The van der Waals surface area contributed by atoms with Crippen molar-refractivity contribution in [2.45, 2.75) is 26.8 Å². The predicted molar refractivity (Wildman–Crippen MR) is 73.8 cm³/mol. The van der Waals surface area contributed by atoms with Crippen LogP contribution in [0.4, 0.5) is 0 Å². The maximum atomic E-state index is 12.0. The van der Waals surface area contributed by atoms with Crippen LogP contribution in [0.5, 0.6) is 0 Å². The van der Waals surface area contributed by atoms with Crippen molar-refractivity contribution in [3.63, 3.8) is 0 Å². The maximum absolute atomic E-state index is 12.0. The van der Waals surface area contributed by atoms with Crippen molar-refractivity contribution in [3.8, 4) is 0 Å². The highest BCUT2D eigenvalue weighted by Gasteiger charge is 2.12. The van der Waals surface area contributed by atoms with Gasteiger partial charge in [-0.3, -0.25) is 9.78 Å². The van der Waals surface area contributed by atoms with Crippen LogP contribution in [0.25, 0.3) is 0 Å². The van der Waals surface area contributed by atoms with E-state index in [-0.39, 0.29) is 11.9 Å². The summed E-state index contributed by atoms with van der Waals surface area (Å²) >= 11 is 0. The molecule has 19 heavy (non-hydrogen) atoms. The highest BCUT2D eigenvalue weighted by molar-refractivity contribution is 5.92. The van der Waals surface area contributed by atoms with Crippen LogP contribution in [0.1, 0.15) is 40.3 Å². The van der Waals surface area contributed by atoms with Gasteiger partial charge in [-0.05, 0) is 26.3 Å². The lowest BCUT2D eigenvalue weighted by Gasteiger charge is -2.14. The summed E-state index contributed by atoms with van der Waals surface area (Å²) in [6.07, 6.45) is 3.08. The molecule has 2 rings (SSSR count). The standard InChI is InChI=1S/C15H17N3O/c1-10-4-6-13(7-5-10)12(3)18-15(19)14-9-16-11(2)8-17-14/h4-9,12H,1-3H3,(H,18,19). The molecule has 4 heteroatoms. The van der Waals surface area contributed by atoms with Crippen LogP contribution in [0, 0.1) is 13.8 Å². The summed E-state index contributed by atoms with van der Waals surface area (Å²) in [5, 5.41) is 2.91. The fourth-order valence-corrected chi connectivity index (χ4v) is 1.72. The summed E-state index contributed by atoms with van der Waals surface area (Å²) in [5.74, 6) is -0.208. The number of nitrogens with zero attached hydrogens (tertiary/aromatic N) is 2. The lowest BCUT2D eigenvalue weighted by atomic mass is 10.1. The highest BCUT2D eigenvalue weighted by atomic mass is 16.1. The Bertz CT molecular complexity index is 561. The molecule has 0 spiro atoms. The van der Waals surface area contributed by atoms with Crippen LogP contribution < -0.4 is 5.32 Å². The Morgan fingerprint density at radius 3 is 2.37 bits per heavy atom. The van der Waals surface area contributed by atoms with Crippen molar-refractivity contribution in [1.82, 2.24) is 15.3 Å². The Balaban J connectivity index is 2.06. The van der Waals surface area contributed by atoms with E-state index in [0.717, 1.165) is 11.3 Å². The van der Waals surface area contributed by atoms with Gasteiger partial charge in [0.15, 0.2) is 0 Å². The number of aryl methyl sites for hydroxylation is 2. The van der Waals surface area contributed by atoms with Crippen LogP contribution in [0.3, 0.4) is 0 Å². The topological polar surface area (TPSA) is 54.9 Å². The molecule has 1 heterocycles. The molecule has 1 amide bonds. The smallest absolute Gasteiger partial charge is 0.271 e. The zero-order valence-electron chi connectivity index (χ0n) is 11.3. The second-order valence-corrected chi connectivity index (χ2v) is 4.65. The second-order valence-electron chi connectivity index (χ2n) is 4.65. The van der Waals surface area contributed by atoms with Gasteiger partial charge in [-0.2, -0.15) is 0 Å². The molecule has 0 fully saturated rings. The molecule has 1 N–H and O–H groups in total. The first-order chi connectivity index (χ1) is 9.06. The molecular formula is C15H17N3O. The molecular weight excluding hydrogens is 238 g/mol. The number of amides is 1. The number of hydrogen-bond acceptors (Lipinski definition) is 3. The summed E-state index contributed by atoms with van der Waals surface area (Å²) in [6.45, 7) is 5.82. The summed E-state index contributed by atoms with van der Waals surface area (Å²) in [5.41, 5.74) is 3.40. The van der Waals surface area contributed by atoms with E-state index < -0.39 is 0 Å². The first kappa shape index (κ1) is 13.2. The lowest BCUT2D eigenvalue weighted by Crippen LogP contribution is -2.27. The number of hydrogen-bond donors (Lipinski definition) is 1. The van der Waals surface area contributed by atoms with Gasteiger partial charge in [-0.15, -0.1) is 0 Å². The molecule has 1 aromatic carbocycles. The van der Waals surface area contributed by atoms with Gasteiger partial charge in [0.2, 0.25) is 0 Å². The van der Waals surface area contributed by atoms with Crippen LogP contribution >= 0.6 is 0 Å². The molecule has 1 unspecified atom stereocenters. The normalized spacial score (nSPS) is 11.9. The number of benzene rings is 1. The van der Waals surface area contributed by atoms with E-state index in [0.29, 0.717) is 5.69 Å². The molecule has 1 aromatic heterocycles. The van der Waals surface area contributed by atoms with Crippen LogP contribution in [-0.4, -0.2) is 15.9 Å².